The summed E-state index contributed by atoms with van der Waals surface area (Å²) in [4.78, 5) is 16.6. The van der Waals surface area contributed by atoms with Gasteiger partial charge in [0, 0.05) is 10.9 Å². The normalized spacial score (nSPS) is 10.7. The fourth-order valence-electron chi connectivity index (χ4n) is 2.32. The molecule has 1 amide bonds. The van der Waals surface area contributed by atoms with E-state index in [1.807, 2.05) is 24.3 Å². The Labute approximate surface area is 195 Å². The topological polar surface area (TPSA) is 60.5 Å². The number of para-hydroxylation sites is 1. The van der Waals surface area contributed by atoms with E-state index in [4.69, 9.17) is 67.5 Å². The molecule has 0 aliphatic carbocycles. The standard InChI is InChI=1S/C18H11Cl5N2O3S/c1-27-10-5-3-2-4-8(10)9-7-29-18(24-9)25-11(26)6-28-17-15(22)13(20)12(19)14(21)16(17)23/h2-5,7H,6H2,1H3,(H,24,25,26). The molecule has 0 bridgehead atoms. The molecule has 29 heavy (non-hydrogen) atoms. The third-order valence-electron chi connectivity index (χ3n) is 3.65. The van der Waals surface area contributed by atoms with Gasteiger partial charge in [-0.25, -0.2) is 4.98 Å². The van der Waals surface area contributed by atoms with Crippen LogP contribution in [0.1, 0.15) is 0 Å². The van der Waals surface area contributed by atoms with Crippen LogP contribution in [0.25, 0.3) is 11.3 Å². The summed E-state index contributed by atoms with van der Waals surface area (Å²) in [7, 11) is 1.58. The van der Waals surface area contributed by atoms with E-state index in [0.29, 0.717) is 16.6 Å². The summed E-state index contributed by atoms with van der Waals surface area (Å²) < 4.78 is 10.7. The first-order valence-corrected chi connectivity index (χ1v) is 10.6. The zero-order chi connectivity index (χ0) is 21.1. The lowest BCUT2D eigenvalue weighted by atomic mass is 10.1. The molecule has 1 N–H and O–H groups in total. The van der Waals surface area contributed by atoms with Crippen LogP contribution in [0.5, 0.6) is 11.5 Å². The molecular formula is C18H11Cl5N2O3S. The molecule has 0 saturated heterocycles. The Kier molecular flexibility index (Phi) is 7.37. The highest BCUT2D eigenvalue weighted by atomic mass is 35.5. The van der Waals surface area contributed by atoms with Gasteiger partial charge in [-0.3, -0.25) is 10.1 Å². The molecule has 0 atom stereocenters. The summed E-state index contributed by atoms with van der Waals surface area (Å²) in [5.74, 6) is 0.178. The van der Waals surface area contributed by atoms with Gasteiger partial charge in [-0.15, -0.1) is 11.3 Å². The Bertz CT molecular complexity index is 1040. The summed E-state index contributed by atoms with van der Waals surface area (Å²) in [6.45, 7) is -0.392. The van der Waals surface area contributed by atoms with Crippen LogP contribution in [0.15, 0.2) is 29.6 Å². The zero-order valence-corrected chi connectivity index (χ0v) is 19.2. The van der Waals surface area contributed by atoms with Gasteiger partial charge in [0.05, 0.1) is 27.9 Å². The molecular weight excluding hydrogens is 502 g/mol. The monoisotopic (exact) mass is 510 g/mol. The highest BCUT2D eigenvalue weighted by Gasteiger charge is 2.21. The Hall–Kier alpha value is -1.41. The first-order chi connectivity index (χ1) is 13.8. The molecule has 0 spiro atoms. The van der Waals surface area contributed by atoms with Crippen LogP contribution in [-0.2, 0) is 4.79 Å². The second-order valence-electron chi connectivity index (χ2n) is 5.47. The van der Waals surface area contributed by atoms with Crippen molar-refractivity contribution in [3.8, 4) is 22.8 Å². The van der Waals surface area contributed by atoms with Gasteiger partial charge >= 0.3 is 0 Å². The summed E-state index contributed by atoms with van der Waals surface area (Å²) in [5.41, 5.74) is 1.48. The highest BCUT2D eigenvalue weighted by molar-refractivity contribution is 7.14. The Morgan fingerprint density at radius 1 is 1.03 bits per heavy atom. The third kappa shape index (κ3) is 4.85. The second-order valence-corrected chi connectivity index (χ2v) is 8.22. The van der Waals surface area contributed by atoms with Crippen LogP contribution in [0.3, 0.4) is 0 Å². The zero-order valence-electron chi connectivity index (χ0n) is 14.6. The van der Waals surface area contributed by atoms with Gasteiger partial charge in [0.25, 0.3) is 5.91 Å². The molecule has 0 aliphatic rings. The minimum absolute atomic E-state index is 0.00629. The van der Waals surface area contributed by atoms with Gasteiger partial charge in [0.15, 0.2) is 17.5 Å². The van der Waals surface area contributed by atoms with Crippen molar-refractivity contribution in [1.82, 2.24) is 4.98 Å². The van der Waals surface area contributed by atoms with Gasteiger partial charge < -0.3 is 9.47 Å². The molecule has 152 valence electrons. The molecule has 3 rings (SSSR count). The number of hydrogen-bond donors (Lipinski definition) is 1. The molecule has 1 heterocycles. The lowest BCUT2D eigenvalue weighted by Crippen LogP contribution is -2.20. The van der Waals surface area contributed by atoms with Crippen molar-refractivity contribution in [3.63, 3.8) is 0 Å². The molecule has 0 aliphatic heterocycles. The molecule has 0 radical (unpaired) electrons. The first-order valence-electron chi connectivity index (χ1n) is 7.86. The van der Waals surface area contributed by atoms with Crippen LogP contribution in [0, 0.1) is 0 Å². The van der Waals surface area contributed by atoms with Crippen molar-refractivity contribution >= 4 is 80.4 Å². The van der Waals surface area contributed by atoms with Crippen LogP contribution < -0.4 is 14.8 Å². The van der Waals surface area contributed by atoms with Gasteiger partial charge in [-0.05, 0) is 12.1 Å². The Morgan fingerprint density at radius 2 is 1.66 bits per heavy atom. The summed E-state index contributed by atoms with van der Waals surface area (Å²) in [6.07, 6.45) is 0. The number of thiazole rings is 1. The smallest absolute Gasteiger partial charge is 0.264 e. The van der Waals surface area contributed by atoms with E-state index in [1.165, 1.54) is 11.3 Å². The van der Waals surface area contributed by atoms with Crippen molar-refractivity contribution in [2.45, 2.75) is 0 Å². The maximum atomic E-state index is 12.2. The summed E-state index contributed by atoms with van der Waals surface area (Å²) in [6, 6.07) is 7.44. The summed E-state index contributed by atoms with van der Waals surface area (Å²) in [5, 5.41) is 4.75. The van der Waals surface area contributed by atoms with E-state index in [0.717, 1.165) is 5.56 Å². The van der Waals surface area contributed by atoms with Crippen molar-refractivity contribution in [3.05, 3.63) is 54.8 Å². The number of amides is 1. The van der Waals surface area contributed by atoms with E-state index in [-0.39, 0.29) is 30.9 Å². The number of nitrogens with zero attached hydrogens (tertiary/aromatic N) is 1. The van der Waals surface area contributed by atoms with Crippen molar-refractivity contribution in [2.75, 3.05) is 19.0 Å². The molecule has 1 aromatic heterocycles. The highest BCUT2D eigenvalue weighted by Crippen LogP contribution is 2.48. The van der Waals surface area contributed by atoms with Crippen LogP contribution in [0.4, 0.5) is 5.13 Å². The first kappa shape index (κ1) is 22.3. The summed E-state index contributed by atoms with van der Waals surface area (Å²) >= 11 is 31.3. The van der Waals surface area contributed by atoms with E-state index in [2.05, 4.69) is 10.3 Å². The number of nitrogens with one attached hydrogen (secondary N) is 1. The lowest BCUT2D eigenvalue weighted by molar-refractivity contribution is -0.118. The predicted molar refractivity (Wildman–Crippen MR) is 120 cm³/mol. The fourth-order valence-corrected chi connectivity index (χ4v) is 4.27. The van der Waals surface area contributed by atoms with Gasteiger partial charge in [-0.2, -0.15) is 0 Å². The van der Waals surface area contributed by atoms with Crippen LogP contribution in [0.2, 0.25) is 25.1 Å². The number of methoxy groups -OCH3 is 1. The fraction of sp³-hybridized carbons (Fsp3) is 0.111. The maximum Gasteiger partial charge on any atom is 0.264 e. The number of rotatable bonds is 6. The van der Waals surface area contributed by atoms with Crippen LogP contribution in [-0.4, -0.2) is 24.6 Å². The Morgan fingerprint density at radius 3 is 2.31 bits per heavy atom. The number of carbonyl (C=O) groups excluding carboxylic acids is 1. The minimum Gasteiger partial charge on any atom is -0.496 e. The molecule has 2 aromatic carbocycles. The Balaban J connectivity index is 1.70. The average molecular weight is 513 g/mol. The van der Waals surface area contributed by atoms with Crippen molar-refractivity contribution in [2.24, 2.45) is 0 Å². The quantitative estimate of drug-likeness (QED) is 0.283. The number of halogens is 5. The minimum atomic E-state index is -0.472. The third-order valence-corrected chi connectivity index (χ3v) is 6.65. The number of carbonyl (C=O) groups is 1. The molecule has 0 saturated carbocycles. The lowest BCUT2D eigenvalue weighted by Gasteiger charge is -2.13. The van der Waals surface area contributed by atoms with E-state index in [1.54, 1.807) is 12.5 Å². The second kappa shape index (κ2) is 9.60. The largest absolute Gasteiger partial charge is 0.496 e. The SMILES string of the molecule is COc1ccccc1-c1csc(NC(=O)COc2c(Cl)c(Cl)c(Cl)c(Cl)c2Cl)n1. The van der Waals surface area contributed by atoms with E-state index >= 15 is 0 Å². The van der Waals surface area contributed by atoms with E-state index in [9.17, 15) is 4.79 Å². The van der Waals surface area contributed by atoms with Gasteiger partial charge in [0.1, 0.15) is 15.8 Å². The molecule has 5 nitrogen and oxygen atoms in total. The van der Waals surface area contributed by atoms with Crippen LogP contribution >= 0.6 is 69.3 Å². The van der Waals surface area contributed by atoms with Gasteiger partial charge in [-0.1, -0.05) is 70.1 Å². The number of benzene rings is 2. The predicted octanol–water partition coefficient (Wildman–Crippen LogP) is 7.10. The molecule has 11 heteroatoms. The number of anilines is 1. The van der Waals surface area contributed by atoms with Crippen molar-refractivity contribution < 1.29 is 14.3 Å². The molecule has 3 aromatic rings. The van der Waals surface area contributed by atoms with E-state index < -0.39 is 12.5 Å². The maximum absolute atomic E-state index is 12.2. The molecule has 0 fully saturated rings. The number of ether oxygens (including phenoxy) is 2. The number of hydrogen-bond acceptors (Lipinski definition) is 5. The average Bonchev–Trinajstić information content (AvgIpc) is 3.18. The van der Waals surface area contributed by atoms with Gasteiger partial charge in [0.2, 0.25) is 0 Å². The number of aromatic nitrogens is 1. The molecule has 0 unspecified atom stereocenters. The van der Waals surface area contributed by atoms with Crippen molar-refractivity contribution in [1.29, 1.82) is 0 Å².